The van der Waals surface area contributed by atoms with Crippen molar-refractivity contribution in [3.8, 4) is 28.7 Å². The average Bonchev–Trinajstić information content (AvgIpc) is 3.20. The van der Waals surface area contributed by atoms with E-state index in [4.69, 9.17) is 18.6 Å². The number of nitrogens with zero attached hydrogens (tertiary/aromatic N) is 1. The third-order valence-corrected chi connectivity index (χ3v) is 4.34. The van der Waals surface area contributed by atoms with Gasteiger partial charge in [0.1, 0.15) is 12.0 Å². The van der Waals surface area contributed by atoms with Gasteiger partial charge in [0, 0.05) is 18.4 Å². The maximum absolute atomic E-state index is 12.5. The fourth-order valence-corrected chi connectivity index (χ4v) is 2.96. The van der Waals surface area contributed by atoms with Crippen molar-refractivity contribution in [2.24, 2.45) is 0 Å². The molecule has 0 spiro atoms. The Kier molecular flexibility index (Phi) is 6.54. The Morgan fingerprint density at radius 3 is 2.52 bits per heavy atom. The minimum atomic E-state index is 0.00377. The lowest BCUT2D eigenvalue weighted by Gasteiger charge is -2.13. The molecule has 0 unspecified atom stereocenters. The molecule has 0 aliphatic carbocycles. The van der Waals surface area contributed by atoms with Gasteiger partial charge < -0.3 is 18.6 Å². The molecule has 0 atom stereocenters. The second-order valence-corrected chi connectivity index (χ2v) is 6.80. The second-order valence-electron chi connectivity index (χ2n) is 6.80. The number of carbonyl (C=O) groups is 1. The third-order valence-electron chi connectivity index (χ3n) is 4.34. The van der Waals surface area contributed by atoms with Crippen molar-refractivity contribution in [2.75, 3.05) is 14.2 Å². The van der Waals surface area contributed by atoms with Crippen LogP contribution >= 0.6 is 0 Å². The first-order valence-electron chi connectivity index (χ1n) is 9.47. The fourth-order valence-electron chi connectivity index (χ4n) is 2.96. The smallest absolute Gasteiger partial charge is 0.226 e. The molecular weight excluding hydrogens is 370 g/mol. The largest absolute Gasteiger partial charge is 0.496 e. The van der Waals surface area contributed by atoms with Gasteiger partial charge in [0.25, 0.3) is 0 Å². The van der Waals surface area contributed by atoms with Gasteiger partial charge in [-0.05, 0) is 44.2 Å². The Labute approximate surface area is 170 Å². The Morgan fingerprint density at radius 1 is 1.03 bits per heavy atom. The van der Waals surface area contributed by atoms with Crippen molar-refractivity contribution in [1.29, 1.82) is 0 Å². The zero-order chi connectivity index (χ0) is 20.8. The lowest BCUT2D eigenvalue weighted by molar-refractivity contribution is 0.0979. The highest BCUT2D eigenvalue weighted by atomic mass is 16.5. The summed E-state index contributed by atoms with van der Waals surface area (Å²) in [6, 6.07) is 12.7. The van der Waals surface area contributed by atoms with E-state index in [2.05, 4.69) is 4.98 Å². The van der Waals surface area contributed by atoms with Crippen LogP contribution in [0.15, 0.2) is 53.1 Å². The van der Waals surface area contributed by atoms with Crippen LogP contribution in [0.5, 0.6) is 17.2 Å². The number of ether oxygens (including phenoxy) is 3. The Hall–Kier alpha value is -3.28. The van der Waals surface area contributed by atoms with E-state index in [0.29, 0.717) is 47.2 Å². The van der Waals surface area contributed by atoms with Crippen LogP contribution in [0.4, 0.5) is 0 Å². The van der Waals surface area contributed by atoms with E-state index in [-0.39, 0.29) is 11.9 Å². The number of oxazole rings is 1. The standard InChI is InChI=1S/C23H25NO5/c1-15(2)29-22-13-16(9-12-21(22)27-4)23-24-17(14-28-23)10-11-19(25)18-7-5-6-8-20(18)26-3/h5-9,12-15H,10-11H2,1-4H3. The number of ketones is 1. The van der Waals surface area contributed by atoms with E-state index in [0.717, 1.165) is 5.56 Å². The van der Waals surface area contributed by atoms with Crippen molar-refractivity contribution < 1.29 is 23.4 Å². The monoisotopic (exact) mass is 395 g/mol. The molecule has 0 aliphatic rings. The van der Waals surface area contributed by atoms with Crippen LogP contribution in [0.1, 0.15) is 36.3 Å². The number of para-hydroxylation sites is 1. The van der Waals surface area contributed by atoms with Gasteiger partial charge in [-0.25, -0.2) is 4.98 Å². The first kappa shape index (κ1) is 20.5. The summed E-state index contributed by atoms with van der Waals surface area (Å²) in [6.07, 6.45) is 2.39. The number of rotatable bonds is 9. The van der Waals surface area contributed by atoms with Crippen molar-refractivity contribution in [3.05, 3.63) is 60.0 Å². The zero-order valence-electron chi connectivity index (χ0n) is 17.1. The quantitative estimate of drug-likeness (QED) is 0.477. The minimum absolute atomic E-state index is 0.00377. The van der Waals surface area contributed by atoms with Crippen LogP contribution in [-0.2, 0) is 6.42 Å². The predicted molar refractivity (Wildman–Crippen MR) is 110 cm³/mol. The number of carbonyl (C=O) groups excluding carboxylic acids is 1. The van der Waals surface area contributed by atoms with Crippen LogP contribution in [0.3, 0.4) is 0 Å². The second kappa shape index (κ2) is 9.28. The molecule has 0 aliphatic heterocycles. The molecule has 6 nitrogen and oxygen atoms in total. The molecule has 152 valence electrons. The summed E-state index contributed by atoms with van der Waals surface area (Å²) in [7, 11) is 3.16. The predicted octanol–water partition coefficient (Wildman–Crippen LogP) is 4.96. The molecule has 6 heteroatoms. The van der Waals surface area contributed by atoms with Gasteiger partial charge in [-0.1, -0.05) is 12.1 Å². The molecule has 0 saturated carbocycles. The molecule has 3 rings (SSSR count). The van der Waals surface area contributed by atoms with Crippen molar-refractivity contribution >= 4 is 5.78 Å². The number of Topliss-reactive ketones (excluding diaryl/α,β-unsaturated/α-hetero) is 1. The number of aromatic nitrogens is 1. The lowest BCUT2D eigenvalue weighted by atomic mass is 10.0. The normalized spacial score (nSPS) is 10.8. The van der Waals surface area contributed by atoms with Crippen LogP contribution in [0.25, 0.3) is 11.5 Å². The van der Waals surface area contributed by atoms with Crippen LogP contribution in [0, 0.1) is 0 Å². The summed E-state index contributed by atoms with van der Waals surface area (Å²) in [5.74, 6) is 2.34. The highest BCUT2D eigenvalue weighted by Crippen LogP contribution is 2.33. The highest BCUT2D eigenvalue weighted by Gasteiger charge is 2.15. The molecule has 1 aromatic heterocycles. The topological polar surface area (TPSA) is 70.8 Å². The van der Waals surface area contributed by atoms with E-state index in [9.17, 15) is 4.79 Å². The van der Waals surface area contributed by atoms with Gasteiger partial charge in [0.2, 0.25) is 5.89 Å². The van der Waals surface area contributed by atoms with Crippen LogP contribution in [0.2, 0.25) is 0 Å². The number of methoxy groups -OCH3 is 2. The SMILES string of the molecule is COc1ccc(-c2nc(CCC(=O)c3ccccc3OC)co2)cc1OC(C)C. The number of aryl methyl sites for hydroxylation is 1. The van der Waals surface area contributed by atoms with Crippen LogP contribution < -0.4 is 14.2 Å². The van der Waals surface area contributed by atoms with Crippen molar-refractivity contribution in [2.45, 2.75) is 32.8 Å². The van der Waals surface area contributed by atoms with E-state index < -0.39 is 0 Å². The van der Waals surface area contributed by atoms with E-state index in [1.165, 1.54) is 0 Å². The average molecular weight is 395 g/mol. The van der Waals surface area contributed by atoms with Gasteiger partial charge in [0.05, 0.1) is 31.6 Å². The molecule has 1 heterocycles. The molecule has 0 amide bonds. The molecule has 0 saturated heterocycles. The van der Waals surface area contributed by atoms with Crippen molar-refractivity contribution in [1.82, 2.24) is 4.98 Å². The Balaban J connectivity index is 1.72. The maximum Gasteiger partial charge on any atom is 0.226 e. The summed E-state index contributed by atoms with van der Waals surface area (Å²) in [4.78, 5) is 17.0. The fraction of sp³-hybridized carbons (Fsp3) is 0.304. The summed E-state index contributed by atoms with van der Waals surface area (Å²) in [5, 5.41) is 0. The minimum Gasteiger partial charge on any atom is -0.496 e. The van der Waals surface area contributed by atoms with E-state index in [1.807, 2.05) is 44.2 Å². The van der Waals surface area contributed by atoms with E-state index in [1.54, 1.807) is 32.6 Å². The van der Waals surface area contributed by atoms with Gasteiger partial charge in [0.15, 0.2) is 17.3 Å². The van der Waals surface area contributed by atoms with Crippen molar-refractivity contribution in [3.63, 3.8) is 0 Å². The molecule has 0 bridgehead atoms. The molecule has 3 aromatic rings. The lowest BCUT2D eigenvalue weighted by Crippen LogP contribution is -2.06. The summed E-state index contributed by atoms with van der Waals surface area (Å²) < 4.78 is 22.0. The molecule has 0 radical (unpaired) electrons. The van der Waals surface area contributed by atoms with Crippen LogP contribution in [-0.4, -0.2) is 31.1 Å². The summed E-state index contributed by atoms with van der Waals surface area (Å²) >= 11 is 0. The number of hydrogen-bond acceptors (Lipinski definition) is 6. The highest BCUT2D eigenvalue weighted by molar-refractivity contribution is 5.98. The first-order valence-corrected chi connectivity index (χ1v) is 9.47. The van der Waals surface area contributed by atoms with Gasteiger partial charge in [-0.2, -0.15) is 0 Å². The Morgan fingerprint density at radius 2 is 1.79 bits per heavy atom. The molecule has 2 aromatic carbocycles. The Bertz CT molecular complexity index is 977. The van der Waals surface area contributed by atoms with Gasteiger partial charge in [-0.3, -0.25) is 4.79 Å². The molecular formula is C23H25NO5. The third kappa shape index (κ3) is 4.96. The first-order chi connectivity index (χ1) is 14.0. The zero-order valence-corrected chi connectivity index (χ0v) is 17.1. The summed E-state index contributed by atoms with van der Waals surface area (Å²) in [5.41, 5.74) is 2.07. The molecule has 29 heavy (non-hydrogen) atoms. The van der Waals surface area contributed by atoms with Gasteiger partial charge in [-0.15, -0.1) is 0 Å². The molecule has 0 N–H and O–H groups in total. The maximum atomic E-state index is 12.5. The van der Waals surface area contributed by atoms with E-state index >= 15 is 0 Å². The molecule has 0 fully saturated rings. The number of benzene rings is 2. The summed E-state index contributed by atoms with van der Waals surface area (Å²) in [6.45, 7) is 3.90. The number of hydrogen-bond donors (Lipinski definition) is 0. The van der Waals surface area contributed by atoms with Gasteiger partial charge >= 0.3 is 0 Å².